The van der Waals surface area contributed by atoms with Crippen molar-refractivity contribution in [2.75, 3.05) is 13.6 Å². The Labute approximate surface area is 143 Å². The zero-order chi connectivity index (χ0) is 17.0. The van der Waals surface area contributed by atoms with E-state index in [4.69, 9.17) is 11.6 Å². The van der Waals surface area contributed by atoms with Crippen molar-refractivity contribution in [1.29, 1.82) is 0 Å². The predicted octanol–water partition coefficient (Wildman–Crippen LogP) is 3.04. The Morgan fingerprint density at radius 2 is 1.96 bits per heavy atom. The molecule has 23 heavy (non-hydrogen) atoms. The summed E-state index contributed by atoms with van der Waals surface area (Å²) in [4.78, 5) is 14.8. The number of nitrogens with one attached hydrogen (secondary N) is 1. The van der Waals surface area contributed by atoms with Gasteiger partial charge in [-0.2, -0.15) is 0 Å². The largest absolute Gasteiger partial charge is 0.336 e. The fourth-order valence-electron chi connectivity index (χ4n) is 3.07. The fourth-order valence-corrected chi connectivity index (χ4v) is 4.02. The molecular formula is C16H23ClN2O3S. The van der Waals surface area contributed by atoms with E-state index in [0.29, 0.717) is 6.54 Å². The van der Waals surface area contributed by atoms with E-state index in [2.05, 4.69) is 4.72 Å². The standard InChI is InChI=1S/C16H23ClN2O3S/c1-3-19(12-7-5-4-6-8-12)16(20)14-11-13(9-10-15(14)17)23(21,22)18-2/h9-12,18H,3-8H2,1-2H3. The third-order valence-electron chi connectivity index (χ3n) is 4.36. The number of carbonyl (C=O) groups is 1. The molecule has 1 saturated carbocycles. The Balaban J connectivity index is 2.35. The van der Waals surface area contributed by atoms with Crippen molar-refractivity contribution < 1.29 is 13.2 Å². The Hall–Kier alpha value is -1.11. The van der Waals surface area contributed by atoms with Gasteiger partial charge in [-0.15, -0.1) is 0 Å². The number of benzene rings is 1. The number of carbonyl (C=O) groups excluding carboxylic acids is 1. The van der Waals surface area contributed by atoms with Gasteiger partial charge in [-0.05, 0) is 45.0 Å². The second-order valence-electron chi connectivity index (χ2n) is 5.73. The molecule has 0 saturated heterocycles. The fraction of sp³-hybridized carbons (Fsp3) is 0.562. The molecule has 0 aliphatic heterocycles. The van der Waals surface area contributed by atoms with Gasteiger partial charge in [-0.25, -0.2) is 13.1 Å². The van der Waals surface area contributed by atoms with Crippen molar-refractivity contribution in [3.05, 3.63) is 28.8 Å². The quantitative estimate of drug-likeness (QED) is 0.879. The van der Waals surface area contributed by atoms with Crippen LogP contribution in [0.25, 0.3) is 0 Å². The van der Waals surface area contributed by atoms with Gasteiger partial charge in [0, 0.05) is 12.6 Å². The minimum atomic E-state index is -3.61. The van der Waals surface area contributed by atoms with Gasteiger partial charge < -0.3 is 4.90 Å². The molecule has 0 radical (unpaired) electrons. The molecule has 1 aromatic carbocycles. The summed E-state index contributed by atoms with van der Waals surface area (Å²) in [6.07, 6.45) is 5.43. The van der Waals surface area contributed by atoms with Gasteiger partial charge in [0.2, 0.25) is 10.0 Å². The van der Waals surface area contributed by atoms with Crippen molar-refractivity contribution in [1.82, 2.24) is 9.62 Å². The number of amides is 1. The van der Waals surface area contributed by atoms with E-state index in [1.54, 1.807) is 0 Å². The maximum atomic E-state index is 12.9. The molecular weight excluding hydrogens is 336 g/mol. The lowest BCUT2D eigenvalue weighted by atomic mass is 9.93. The van der Waals surface area contributed by atoms with E-state index in [9.17, 15) is 13.2 Å². The van der Waals surface area contributed by atoms with E-state index in [-0.39, 0.29) is 27.4 Å². The molecule has 1 aliphatic carbocycles. The highest BCUT2D eigenvalue weighted by Gasteiger charge is 2.27. The van der Waals surface area contributed by atoms with Crippen LogP contribution in [0.5, 0.6) is 0 Å². The van der Waals surface area contributed by atoms with Crippen molar-refractivity contribution >= 4 is 27.5 Å². The SMILES string of the molecule is CCN(C(=O)c1cc(S(=O)(=O)NC)ccc1Cl)C1CCCCC1. The summed E-state index contributed by atoms with van der Waals surface area (Å²) >= 11 is 6.16. The predicted molar refractivity (Wildman–Crippen MR) is 91.3 cm³/mol. The highest BCUT2D eigenvalue weighted by Crippen LogP contribution is 2.27. The van der Waals surface area contributed by atoms with Crippen molar-refractivity contribution in [3.63, 3.8) is 0 Å². The molecule has 0 aromatic heterocycles. The van der Waals surface area contributed by atoms with Crippen LogP contribution in [-0.4, -0.2) is 38.9 Å². The van der Waals surface area contributed by atoms with Crippen LogP contribution in [0.1, 0.15) is 49.4 Å². The number of hydrogen-bond donors (Lipinski definition) is 1. The summed E-state index contributed by atoms with van der Waals surface area (Å²) in [7, 11) is -2.27. The highest BCUT2D eigenvalue weighted by atomic mass is 35.5. The Morgan fingerprint density at radius 3 is 2.52 bits per heavy atom. The minimum absolute atomic E-state index is 0.0486. The summed E-state index contributed by atoms with van der Waals surface area (Å²) in [5.74, 6) is -0.197. The molecule has 1 fully saturated rings. The van der Waals surface area contributed by atoms with Gasteiger partial charge >= 0.3 is 0 Å². The van der Waals surface area contributed by atoms with E-state index in [0.717, 1.165) is 25.7 Å². The van der Waals surface area contributed by atoms with Gasteiger partial charge in [0.15, 0.2) is 0 Å². The van der Waals surface area contributed by atoms with Crippen molar-refractivity contribution in [2.24, 2.45) is 0 Å². The lowest BCUT2D eigenvalue weighted by molar-refractivity contribution is 0.0648. The summed E-state index contributed by atoms with van der Waals surface area (Å²) < 4.78 is 26.2. The van der Waals surface area contributed by atoms with E-state index in [1.807, 2.05) is 11.8 Å². The topological polar surface area (TPSA) is 66.5 Å². The third-order valence-corrected chi connectivity index (χ3v) is 6.11. The summed E-state index contributed by atoms with van der Waals surface area (Å²) in [5.41, 5.74) is 0.246. The number of halogens is 1. The van der Waals surface area contributed by atoms with Gasteiger partial charge in [0.25, 0.3) is 5.91 Å². The first kappa shape index (κ1) is 18.2. The molecule has 2 rings (SSSR count). The van der Waals surface area contributed by atoms with Crippen LogP contribution >= 0.6 is 11.6 Å². The maximum absolute atomic E-state index is 12.9. The first-order chi connectivity index (χ1) is 10.9. The summed E-state index contributed by atoms with van der Waals surface area (Å²) in [6, 6.07) is 4.44. The Kier molecular flexibility index (Phi) is 6.06. The van der Waals surface area contributed by atoms with Crippen LogP contribution < -0.4 is 4.72 Å². The molecule has 1 aromatic rings. The van der Waals surface area contributed by atoms with Crippen LogP contribution in [0.2, 0.25) is 5.02 Å². The monoisotopic (exact) mass is 358 g/mol. The average molecular weight is 359 g/mol. The van der Waals surface area contributed by atoms with Gasteiger partial charge in [0.05, 0.1) is 15.5 Å². The lowest BCUT2D eigenvalue weighted by Crippen LogP contribution is -2.41. The number of nitrogens with zero attached hydrogens (tertiary/aromatic N) is 1. The van der Waals surface area contributed by atoms with Crippen LogP contribution in [0, 0.1) is 0 Å². The number of sulfonamides is 1. The second-order valence-corrected chi connectivity index (χ2v) is 8.03. The maximum Gasteiger partial charge on any atom is 0.255 e. The van der Waals surface area contributed by atoms with Crippen LogP contribution in [0.3, 0.4) is 0 Å². The molecule has 7 heteroatoms. The van der Waals surface area contributed by atoms with Gasteiger partial charge in [-0.3, -0.25) is 4.79 Å². The first-order valence-corrected chi connectivity index (χ1v) is 9.81. The van der Waals surface area contributed by atoms with Gasteiger partial charge in [-0.1, -0.05) is 30.9 Å². The molecule has 5 nitrogen and oxygen atoms in total. The zero-order valence-electron chi connectivity index (χ0n) is 13.5. The molecule has 128 valence electrons. The smallest absolute Gasteiger partial charge is 0.255 e. The first-order valence-electron chi connectivity index (χ1n) is 7.94. The van der Waals surface area contributed by atoms with Crippen LogP contribution in [0.4, 0.5) is 0 Å². The zero-order valence-corrected chi connectivity index (χ0v) is 15.1. The molecule has 1 aliphatic rings. The average Bonchev–Trinajstić information content (AvgIpc) is 2.56. The molecule has 0 heterocycles. The molecule has 0 unspecified atom stereocenters. The Morgan fingerprint density at radius 1 is 1.30 bits per heavy atom. The molecule has 1 N–H and O–H groups in total. The lowest BCUT2D eigenvalue weighted by Gasteiger charge is -2.34. The van der Waals surface area contributed by atoms with E-state index < -0.39 is 10.0 Å². The molecule has 0 spiro atoms. The van der Waals surface area contributed by atoms with Gasteiger partial charge in [0.1, 0.15) is 0 Å². The second kappa shape index (κ2) is 7.64. The molecule has 0 atom stereocenters. The normalized spacial score (nSPS) is 16.3. The van der Waals surface area contributed by atoms with Crippen molar-refractivity contribution in [3.8, 4) is 0 Å². The van der Waals surface area contributed by atoms with E-state index in [1.165, 1.54) is 31.7 Å². The minimum Gasteiger partial charge on any atom is -0.336 e. The van der Waals surface area contributed by atoms with E-state index >= 15 is 0 Å². The summed E-state index contributed by atoms with van der Waals surface area (Å²) in [6.45, 7) is 2.53. The highest BCUT2D eigenvalue weighted by molar-refractivity contribution is 7.89. The number of hydrogen-bond acceptors (Lipinski definition) is 3. The van der Waals surface area contributed by atoms with Crippen LogP contribution in [0.15, 0.2) is 23.1 Å². The molecule has 1 amide bonds. The van der Waals surface area contributed by atoms with Crippen molar-refractivity contribution in [2.45, 2.75) is 50.0 Å². The summed E-state index contributed by atoms with van der Waals surface area (Å²) in [5, 5.41) is 0.277. The van der Waals surface area contributed by atoms with Crippen LogP contribution in [-0.2, 0) is 10.0 Å². The number of rotatable bonds is 5. The Bertz CT molecular complexity index is 670. The third kappa shape index (κ3) is 4.05. The molecule has 0 bridgehead atoms.